The van der Waals surface area contributed by atoms with Gasteiger partial charge in [-0.05, 0) is 49.4 Å². The van der Waals surface area contributed by atoms with Crippen LogP contribution in [-0.4, -0.2) is 30.2 Å². The maximum atomic E-state index is 11.5. The lowest BCUT2D eigenvalue weighted by Gasteiger charge is -2.11. The van der Waals surface area contributed by atoms with Crippen molar-refractivity contribution in [3.63, 3.8) is 0 Å². The van der Waals surface area contributed by atoms with E-state index in [2.05, 4.69) is 20.6 Å². The Kier molecular flexibility index (Phi) is 5.96. The van der Waals surface area contributed by atoms with Gasteiger partial charge in [-0.2, -0.15) is 0 Å². The molecule has 1 heterocycles. The molecule has 3 aromatic rings. The van der Waals surface area contributed by atoms with Crippen LogP contribution in [0.3, 0.4) is 0 Å². The van der Waals surface area contributed by atoms with Crippen molar-refractivity contribution in [3.8, 4) is 5.75 Å². The standard InChI is InChI=1S/C20H19ClN4O3/c1-12-22-18(24-14-6-4-13(5-7-14)20(26)28-3)11-19(23-12)25-15-8-9-17(27-2)16(21)10-15/h4-11H,1-3H3,(H2,22,23,24,25). The largest absolute Gasteiger partial charge is 0.495 e. The van der Waals surface area contributed by atoms with E-state index in [1.54, 1.807) is 56.5 Å². The monoisotopic (exact) mass is 398 g/mol. The lowest BCUT2D eigenvalue weighted by Crippen LogP contribution is -2.03. The van der Waals surface area contributed by atoms with Crippen molar-refractivity contribution >= 4 is 40.6 Å². The Morgan fingerprint density at radius 1 is 0.929 bits per heavy atom. The second-order valence-corrected chi connectivity index (χ2v) is 6.26. The first-order valence-electron chi connectivity index (χ1n) is 8.40. The number of aromatic nitrogens is 2. The minimum atomic E-state index is -0.380. The van der Waals surface area contributed by atoms with Gasteiger partial charge in [0.25, 0.3) is 0 Å². The molecule has 0 atom stereocenters. The lowest BCUT2D eigenvalue weighted by atomic mass is 10.2. The average molecular weight is 399 g/mol. The van der Waals surface area contributed by atoms with Crippen molar-refractivity contribution in [2.75, 3.05) is 24.9 Å². The fourth-order valence-corrected chi connectivity index (χ4v) is 2.80. The molecule has 0 saturated carbocycles. The number of ether oxygens (including phenoxy) is 2. The number of benzene rings is 2. The molecule has 0 aliphatic heterocycles. The van der Waals surface area contributed by atoms with Crippen LogP contribution in [0.5, 0.6) is 5.75 Å². The number of anilines is 4. The molecule has 0 amide bonds. The Hall–Kier alpha value is -3.32. The van der Waals surface area contributed by atoms with Crippen molar-refractivity contribution in [3.05, 3.63) is 64.9 Å². The van der Waals surface area contributed by atoms with Gasteiger partial charge in [-0.25, -0.2) is 14.8 Å². The van der Waals surface area contributed by atoms with E-state index in [4.69, 9.17) is 21.1 Å². The number of halogens is 1. The van der Waals surface area contributed by atoms with Crippen LogP contribution >= 0.6 is 11.6 Å². The maximum Gasteiger partial charge on any atom is 0.337 e. The fourth-order valence-electron chi connectivity index (χ4n) is 2.54. The molecule has 0 unspecified atom stereocenters. The number of carbonyl (C=O) groups is 1. The van der Waals surface area contributed by atoms with Crippen LogP contribution in [-0.2, 0) is 4.74 Å². The molecule has 0 aliphatic carbocycles. The third-order valence-electron chi connectivity index (χ3n) is 3.84. The van der Waals surface area contributed by atoms with Gasteiger partial charge in [0.15, 0.2) is 0 Å². The van der Waals surface area contributed by atoms with E-state index in [9.17, 15) is 4.79 Å². The first-order valence-corrected chi connectivity index (χ1v) is 8.78. The highest BCUT2D eigenvalue weighted by Gasteiger charge is 2.07. The summed E-state index contributed by atoms with van der Waals surface area (Å²) >= 11 is 6.17. The maximum absolute atomic E-state index is 11.5. The van der Waals surface area contributed by atoms with Crippen molar-refractivity contribution in [2.24, 2.45) is 0 Å². The molecular weight excluding hydrogens is 380 g/mol. The van der Waals surface area contributed by atoms with Crippen molar-refractivity contribution in [1.82, 2.24) is 9.97 Å². The third-order valence-corrected chi connectivity index (χ3v) is 4.14. The minimum Gasteiger partial charge on any atom is -0.495 e. The van der Waals surface area contributed by atoms with Gasteiger partial charge in [-0.1, -0.05) is 11.6 Å². The number of nitrogens with zero attached hydrogens (tertiary/aromatic N) is 2. The summed E-state index contributed by atoms with van der Waals surface area (Å²) in [4.78, 5) is 20.3. The fraction of sp³-hybridized carbons (Fsp3) is 0.150. The quantitative estimate of drug-likeness (QED) is 0.581. The van der Waals surface area contributed by atoms with Gasteiger partial charge in [0.1, 0.15) is 23.2 Å². The van der Waals surface area contributed by atoms with E-state index in [1.165, 1.54) is 7.11 Å². The number of nitrogens with one attached hydrogen (secondary N) is 2. The SMILES string of the molecule is COC(=O)c1ccc(Nc2cc(Nc3ccc(OC)c(Cl)c3)nc(C)n2)cc1. The van der Waals surface area contributed by atoms with Gasteiger partial charge < -0.3 is 20.1 Å². The first kappa shape index (κ1) is 19.4. The summed E-state index contributed by atoms with van der Waals surface area (Å²) in [6.45, 7) is 1.80. The third kappa shape index (κ3) is 4.69. The Morgan fingerprint density at radius 3 is 2.11 bits per heavy atom. The number of hydrogen-bond donors (Lipinski definition) is 2. The highest BCUT2D eigenvalue weighted by molar-refractivity contribution is 6.32. The summed E-state index contributed by atoms with van der Waals surface area (Å²) in [6.07, 6.45) is 0. The molecule has 2 N–H and O–H groups in total. The predicted molar refractivity (Wildman–Crippen MR) is 109 cm³/mol. The second-order valence-electron chi connectivity index (χ2n) is 5.85. The molecule has 0 saturated heterocycles. The minimum absolute atomic E-state index is 0.380. The van der Waals surface area contributed by atoms with E-state index >= 15 is 0 Å². The van der Waals surface area contributed by atoms with Gasteiger partial charge in [0.2, 0.25) is 0 Å². The Morgan fingerprint density at radius 2 is 1.54 bits per heavy atom. The lowest BCUT2D eigenvalue weighted by molar-refractivity contribution is 0.0601. The molecule has 8 heteroatoms. The van der Waals surface area contributed by atoms with Gasteiger partial charge in [0.05, 0.1) is 24.8 Å². The molecule has 3 rings (SSSR count). The number of methoxy groups -OCH3 is 2. The highest BCUT2D eigenvalue weighted by atomic mass is 35.5. The molecule has 0 spiro atoms. The van der Waals surface area contributed by atoms with Crippen LogP contribution in [0, 0.1) is 6.92 Å². The zero-order chi connectivity index (χ0) is 20.1. The van der Waals surface area contributed by atoms with Crippen LogP contribution < -0.4 is 15.4 Å². The van der Waals surface area contributed by atoms with E-state index in [0.717, 1.165) is 11.4 Å². The van der Waals surface area contributed by atoms with Crippen LogP contribution in [0.4, 0.5) is 23.0 Å². The predicted octanol–water partition coefficient (Wildman–Crippen LogP) is 4.72. The Bertz CT molecular complexity index is 993. The van der Waals surface area contributed by atoms with Crippen LogP contribution in [0.1, 0.15) is 16.2 Å². The van der Waals surface area contributed by atoms with Gasteiger partial charge >= 0.3 is 5.97 Å². The van der Waals surface area contributed by atoms with Gasteiger partial charge in [-0.15, -0.1) is 0 Å². The number of esters is 1. The number of aryl methyl sites for hydroxylation is 1. The molecular formula is C20H19ClN4O3. The van der Waals surface area contributed by atoms with Crippen LogP contribution in [0.15, 0.2) is 48.5 Å². The average Bonchev–Trinajstić information content (AvgIpc) is 2.67. The summed E-state index contributed by atoms with van der Waals surface area (Å²) in [5.41, 5.74) is 2.03. The molecule has 144 valence electrons. The van der Waals surface area contributed by atoms with E-state index in [-0.39, 0.29) is 5.97 Å². The molecule has 0 fully saturated rings. The molecule has 28 heavy (non-hydrogen) atoms. The van der Waals surface area contributed by atoms with E-state index in [1.807, 2.05) is 6.07 Å². The number of hydrogen-bond acceptors (Lipinski definition) is 7. The smallest absolute Gasteiger partial charge is 0.337 e. The van der Waals surface area contributed by atoms with Gasteiger partial charge in [0, 0.05) is 17.4 Å². The summed E-state index contributed by atoms with van der Waals surface area (Å²) in [5, 5.41) is 6.90. The zero-order valence-electron chi connectivity index (χ0n) is 15.6. The topological polar surface area (TPSA) is 85.4 Å². The molecule has 0 bridgehead atoms. The van der Waals surface area contributed by atoms with Crippen molar-refractivity contribution in [2.45, 2.75) is 6.92 Å². The Balaban J connectivity index is 1.77. The normalized spacial score (nSPS) is 10.3. The summed E-state index contributed by atoms with van der Waals surface area (Å²) in [5.74, 6) is 2.04. The van der Waals surface area contributed by atoms with Crippen LogP contribution in [0.2, 0.25) is 5.02 Å². The molecule has 1 aromatic heterocycles. The summed E-state index contributed by atoms with van der Waals surface area (Å²) in [6, 6.07) is 14.1. The second kappa shape index (κ2) is 8.58. The Labute approximate surface area is 167 Å². The van der Waals surface area contributed by atoms with E-state index < -0.39 is 0 Å². The number of carbonyl (C=O) groups excluding carboxylic acids is 1. The molecule has 0 radical (unpaired) electrons. The van der Waals surface area contributed by atoms with Crippen molar-refractivity contribution in [1.29, 1.82) is 0 Å². The van der Waals surface area contributed by atoms with Crippen molar-refractivity contribution < 1.29 is 14.3 Å². The first-order chi connectivity index (χ1) is 13.5. The number of rotatable bonds is 6. The summed E-state index contributed by atoms with van der Waals surface area (Å²) in [7, 11) is 2.92. The molecule has 2 aromatic carbocycles. The van der Waals surface area contributed by atoms with Gasteiger partial charge in [-0.3, -0.25) is 0 Å². The molecule has 7 nitrogen and oxygen atoms in total. The highest BCUT2D eigenvalue weighted by Crippen LogP contribution is 2.29. The summed E-state index contributed by atoms with van der Waals surface area (Å²) < 4.78 is 9.86. The molecule has 0 aliphatic rings. The van der Waals surface area contributed by atoms with Crippen LogP contribution in [0.25, 0.3) is 0 Å². The zero-order valence-corrected chi connectivity index (χ0v) is 16.4. The van der Waals surface area contributed by atoms with E-state index in [0.29, 0.717) is 33.8 Å².